The van der Waals surface area contributed by atoms with E-state index in [2.05, 4.69) is 20.2 Å². The van der Waals surface area contributed by atoms with Gasteiger partial charge in [-0.05, 0) is 25.0 Å². The number of amides is 2. The number of hydrogen-bond acceptors (Lipinski definition) is 6. The number of hydrogen-bond donors (Lipinski definition) is 1. The second-order valence-corrected chi connectivity index (χ2v) is 7.35. The number of rotatable bonds is 4. The minimum absolute atomic E-state index is 0.0238. The summed E-state index contributed by atoms with van der Waals surface area (Å²) < 4.78 is 0. The van der Waals surface area contributed by atoms with E-state index in [0.717, 1.165) is 36.8 Å². The van der Waals surface area contributed by atoms with Gasteiger partial charge in [0.05, 0.1) is 16.1 Å². The first-order chi connectivity index (χ1) is 12.2. The Morgan fingerprint density at radius 3 is 2.60 bits per heavy atom. The van der Waals surface area contributed by atoms with Crippen LogP contribution in [0.3, 0.4) is 0 Å². The molecule has 1 aliphatic carbocycles. The van der Waals surface area contributed by atoms with E-state index in [4.69, 9.17) is 0 Å². The Hall–Kier alpha value is -2.48. The van der Waals surface area contributed by atoms with Crippen molar-refractivity contribution < 1.29 is 9.59 Å². The third-order valence-corrected chi connectivity index (χ3v) is 5.44. The zero-order chi connectivity index (χ0) is 17.2. The SMILES string of the molecule is O=C(Nc1ccc(C(=O)N2CCN(c3cnccn3)CC2)s1)C1CC1. The maximum absolute atomic E-state index is 12.7. The van der Waals surface area contributed by atoms with Crippen LogP contribution in [0.5, 0.6) is 0 Å². The normalized spacial score (nSPS) is 17.4. The summed E-state index contributed by atoms with van der Waals surface area (Å²) in [5, 5.41) is 3.64. The van der Waals surface area contributed by atoms with E-state index in [1.807, 2.05) is 11.0 Å². The van der Waals surface area contributed by atoms with E-state index in [1.165, 1.54) is 11.3 Å². The molecular weight excluding hydrogens is 338 g/mol. The summed E-state index contributed by atoms with van der Waals surface area (Å²) in [5.41, 5.74) is 0. The second-order valence-electron chi connectivity index (χ2n) is 6.27. The van der Waals surface area contributed by atoms with Crippen molar-refractivity contribution in [2.75, 3.05) is 36.4 Å². The molecule has 25 heavy (non-hydrogen) atoms. The third kappa shape index (κ3) is 3.63. The van der Waals surface area contributed by atoms with Gasteiger partial charge in [-0.2, -0.15) is 0 Å². The minimum Gasteiger partial charge on any atom is -0.352 e. The molecule has 0 bridgehead atoms. The van der Waals surface area contributed by atoms with Gasteiger partial charge in [-0.3, -0.25) is 14.6 Å². The topological polar surface area (TPSA) is 78.4 Å². The molecule has 0 unspecified atom stereocenters. The van der Waals surface area contributed by atoms with Crippen molar-refractivity contribution in [1.82, 2.24) is 14.9 Å². The molecule has 2 aromatic heterocycles. The molecule has 3 heterocycles. The van der Waals surface area contributed by atoms with Crippen molar-refractivity contribution in [3.05, 3.63) is 35.6 Å². The highest BCUT2D eigenvalue weighted by Crippen LogP contribution is 2.32. The molecule has 2 aromatic rings. The van der Waals surface area contributed by atoms with Crippen molar-refractivity contribution >= 4 is 34.0 Å². The molecule has 1 aliphatic heterocycles. The second kappa shape index (κ2) is 6.79. The van der Waals surface area contributed by atoms with Gasteiger partial charge >= 0.3 is 0 Å². The molecular formula is C17H19N5O2S. The Balaban J connectivity index is 1.34. The maximum Gasteiger partial charge on any atom is 0.264 e. The molecule has 4 rings (SSSR count). The van der Waals surface area contributed by atoms with Gasteiger partial charge in [-0.1, -0.05) is 0 Å². The van der Waals surface area contributed by atoms with Gasteiger partial charge < -0.3 is 15.1 Å². The van der Waals surface area contributed by atoms with Crippen molar-refractivity contribution in [1.29, 1.82) is 0 Å². The van der Waals surface area contributed by atoms with Crippen molar-refractivity contribution in [3.8, 4) is 0 Å². The summed E-state index contributed by atoms with van der Waals surface area (Å²) in [6.45, 7) is 2.77. The Kier molecular flexibility index (Phi) is 4.35. The smallest absolute Gasteiger partial charge is 0.264 e. The highest BCUT2D eigenvalue weighted by molar-refractivity contribution is 7.18. The Bertz CT molecular complexity index is 766. The molecule has 0 radical (unpaired) electrons. The van der Waals surface area contributed by atoms with Crippen LogP contribution in [0.1, 0.15) is 22.5 Å². The van der Waals surface area contributed by atoms with Gasteiger partial charge in [0.25, 0.3) is 5.91 Å². The zero-order valence-corrected chi connectivity index (χ0v) is 14.5. The first-order valence-corrected chi connectivity index (χ1v) is 9.23. The molecule has 1 saturated heterocycles. The molecule has 2 fully saturated rings. The molecule has 1 saturated carbocycles. The fourth-order valence-corrected chi connectivity index (χ4v) is 3.72. The molecule has 7 nitrogen and oxygen atoms in total. The lowest BCUT2D eigenvalue weighted by Crippen LogP contribution is -2.48. The van der Waals surface area contributed by atoms with Gasteiger partial charge in [0.2, 0.25) is 5.91 Å². The molecule has 2 aliphatic rings. The molecule has 2 amide bonds. The average Bonchev–Trinajstić information content (AvgIpc) is 3.42. The lowest BCUT2D eigenvalue weighted by atomic mass is 10.3. The predicted molar refractivity (Wildman–Crippen MR) is 95.8 cm³/mol. The van der Waals surface area contributed by atoms with E-state index < -0.39 is 0 Å². The monoisotopic (exact) mass is 357 g/mol. The fourth-order valence-electron chi connectivity index (χ4n) is 2.84. The van der Waals surface area contributed by atoms with Crippen LogP contribution in [0.2, 0.25) is 0 Å². The van der Waals surface area contributed by atoms with E-state index in [9.17, 15) is 9.59 Å². The van der Waals surface area contributed by atoms with Crippen LogP contribution in [0.25, 0.3) is 0 Å². The molecule has 0 aromatic carbocycles. The summed E-state index contributed by atoms with van der Waals surface area (Å²) in [4.78, 5) is 37.5. The average molecular weight is 357 g/mol. The van der Waals surface area contributed by atoms with Crippen LogP contribution < -0.4 is 10.2 Å². The molecule has 0 atom stereocenters. The highest BCUT2D eigenvalue weighted by atomic mass is 32.1. The highest BCUT2D eigenvalue weighted by Gasteiger charge is 2.30. The van der Waals surface area contributed by atoms with Crippen LogP contribution in [-0.2, 0) is 4.79 Å². The first kappa shape index (κ1) is 16.0. The molecule has 1 N–H and O–H groups in total. The summed E-state index contributed by atoms with van der Waals surface area (Å²) in [6.07, 6.45) is 7.01. The quantitative estimate of drug-likeness (QED) is 0.903. The largest absolute Gasteiger partial charge is 0.352 e. The summed E-state index contributed by atoms with van der Waals surface area (Å²) in [7, 11) is 0. The van der Waals surface area contributed by atoms with E-state index >= 15 is 0 Å². The molecule has 0 spiro atoms. The number of carbonyl (C=O) groups excluding carboxylic acids is 2. The van der Waals surface area contributed by atoms with Crippen molar-refractivity contribution in [2.45, 2.75) is 12.8 Å². The van der Waals surface area contributed by atoms with Crippen LogP contribution in [0.4, 0.5) is 10.8 Å². The van der Waals surface area contributed by atoms with Crippen molar-refractivity contribution in [3.63, 3.8) is 0 Å². The third-order valence-electron chi connectivity index (χ3n) is 4.45. The first-order valence-electron chi connectivity index (χ1n) is 8.41. The Labute approximate surface area is 149 Å². The lowest BCUT2D eigenvalue weighted by Gasteiger charge is -2.35. The number of anilines is 2. The van der Waals surface area contributed by atoms with Crippen molar-refractivity contribution in [2.24, 2.45) is 5.92 Å². The van der Waals surface area contributed by atoms with E-state index in [1.54, 1.807) is 24.7 Å². The molecule has 130 valence electrons. The van der Waals surface area contributed by atoms with Crippen LogP contribution in [-0.4, -0.2) is 52.9 Å². The van der Waals surface area contributed by atoms with Crippen LogP contribution >= 0.6 is 11.3 Å². The van der Waals surface area contributed by atoms with Crippen LogP contribution in [0, 0.1) is 5.92 Å². The number of carbonyl (C=O) groups is 2. The zero-order valence-electron chi connectivity index (χ0n) is 13.7. The van der Waals surface area contributed by atoms with Crippen LogP contribution in [0.15, 0.2) is 30.7 Å². The minimum atomic E-state index is 0.0238. The fraction of sp³-hybridized carbons (Fsp3) is 0.412. The van der Waals surface area contributed by atoms with Gasteiger partial charge in [0.1, 0.15) is 5.82 Å². The van der Waals surface area contributed by atoms with Gasteiger partial charge in [0, 0.05) is 44.5 Å². The van der Waals surface area contributed by atoms with Gasteiger partial charge in [0.15, 0.2) is 0 Å². The van der Waals surface area contributed by atoms with E-state index in [0.29, 0.717) is 18.0 Å². The predicted octanol–water partition coefficient (Wildman–Crippen LogP) is 1.85. The van der Waals surface area contributed by atoms with E-state index in [-0.39, 0.29) is 17.7 Å². The number of aromatic nitrogens is 2. The maximum atomic E-state index is 12.7. The number of piperazine rings is 1. The van der Waals surface area contributed by atoms with Gasteiger partial charge in [-0.15, -0.1) is 11.3 Å². The summed E-state index contributed by atoms with van der Waals surface area (Å²) in [5.74, 6) is 1.10. The number of thiophene rings is 1. The number of nitrogens with one attached hydrogen (secondary N) is 1. The summed E-state index contributed by atoms with van der Waals surface area (Å²) >= 11 is 1.35. The standard InChI is InChI=1S/C17H19N5O2S/c23-16(12-1-2-12)20-15-4-3-13(25-15)17(24)22-9-7-21(8-10-22)14-11-18-5-6-19-14/h3-6,11-12H,1-2,7-10H2,(H,20,23). The summed E-state index contributed by atoms with van der Waals surface area (Å²) in [6, 6.07) is 3.61. The lowest BCUT2D eigenvalue weighted by molar-refractivity contribution is -0.117. The molecule has 8 heteroatoms. The van der Waals surface area contributed by atoms with Gasteiger partial charge in [-0.25, -0.2) is 4.98 Å². The number of nitrogens with zero attached hydrogens (tertiary/aromatic N) is 4. The Morgan fingerprint density at radius 2 is 1.92 bits per heavy atom. The Morgan fingerprint density at radius 1 is 1.12 bits per heavy atom.